The van der Waals surface area contributed by atoms with Gasteiger partial charge in [-0.15, -0.1) is 5.10 Å². The minimum atomic E-state index is -0.338. The van der Waals surface area contributed by atoms with Crippen LogP contribution in [0, 0.1) is 6.92 Å². The third kappa shape index (κ3) is 3.27. The van der Waals surface area contributed by atoms with Crippen molar-refractivity contribution in [1.82, 2.24) is 20.0 Å². The molecule has 0 fully saturated rings. The number of nitrogens with one attached hydrogen (secondary N) is 1. The van der Waals surface area contributed by atoms with Gasteiger partial charge in [0.25, 0.3) is 11.8 Å². The lowest BCUT2D eigenvalue weighted by Crippen LogP contribution is -2.12. The molecule has 24 heavy (non-hydrogen) atoms. The zero-order chi connectivity index (χ0) is 17.1. The van der Waals surface area contributed by atoms with Gasteiger partial charge in [0.2, 0.25) is 0 Å². The Balaban J connectivity index is 1.72. The molecule has 0 spiro atoms. The Labute approximate surface area is 138 Å². The van der Waals surface area contributed by atoms with Crippen LogP contribution in [0.4, 0.5) is 6.01 Å². The maximum atomic E-state index is 12.2. The van der Waals surface area contributed by atoms with Gasteiger partial charge < -0.3 is 9.15 Å². The highest BCUT2D eigenvalue weighted by Crippen LogP contribution is 2.20. The number of amides is 1. The van der Waals surface area contributed by atoms with Crippen molar-refractivity contribution in [1.29, 1.82) is 0 Å². The van der Waals surface area contributed by atoms with Crippen molar-refractivity contribution in [2.45, 2.75) is 13.8 Å². The standard InChI is InChI=1S/C16H17N5O3/c1-4-23-12-7-5-11(6-8-12)14(22)17-16-19-18-15(24-16)13-9-10(2)20-21(13)3/h5-9H,4H2,1-3H3,(H,17,19,22). The van der Waals surface area contributed by atoms with E-state index >= 15 is 0 Å². The van der Waals surface area contributed by atoms with E-state index in [1.54, 1.807) is 36.0 Å². The molecule has 1 amide bonds. The Morgan fingerprint density at radius 2 is 2.04 bits per heavy atom. The van der Waals surface area contributed by atoms with Crippen molar-refractivity contribution in [3.63, 3.8) is 0 Å². The third-order valence-electron chi connectivity index (χ3n) is 3.29. The molecular formula is C16H17N5O3. The average Bonchev–Trinajstić information content (AvgIpc) is 3.14. The monoisotopic (exact) mass is 327 g/mol. The van der Waals surface area contributed by atoms with Crippen LogP contribution in [0.3, 0.4) is 0 Å². The number of ether oxygens (including phenoxy) is 1. The molecule has 0 saturated heterocycles. The third-order valence-corrected chi connectivity index (χ3v) is 3.29. The van der Waals surface area contributed by atoms with Crippen LogP contribution in [0.2, 0.25) is 0 Å². The summed E-state index contributed by atoms with van der Waals surface area (Å²) in [5.74, 6) is 0.662. The smallest absolute Gasteiger partial charge is 0.322 e. The number of rotatable bonds is 5. The van der Waals surface area contributed by atoms with E-state index in [4.69, 9.17) is 9.15 Å². The van der Waals surface area contributed by atoms with Crippen LogP contribution in [0.1, 0.15) is 23.0 Å². The van der Waals surface area contributed by atoms with Gasteiger partial charge in [0.05, 0.1) is 12.3 Å². The summed E-state index contributed by atoms with van der Waals surface area (Å²) in [5, 5.41) is 14.6. The zero-order valence-corrected chi connectivity index (χ0v) is 13.6. The number of benzene rings is 1. The summed E-state index contributed by atoms with van der Waals surface area (Å²) in [5.41, 5.74) is 1.99. The van der Waals surface area contributed by atoms with Crippen molar-refractivity contribution in [3.8, 4) is 17.3 Å². The normalized spacial score (nSPS) is 10.6. The Morgan fingerprint density at radius 3 is 2.67 bits per heavy atom. The fraction of sp³-hybridized carbons (Fsp3) is 0.250. The van der Waals surface area contributed by atoms with Crippen LogP contribution in [-0.4, -0.2) is 32.5 Å². The number of carbonyl (C=O) groups is 1. The van der Waals surface area contributed by atoms with Crippen LogP contribution < -0.4 is 10.1 Å². The molecule has 3 aromatic rings. The predicted molar refractivity (Wildman–Crippen MR) is 86.8 cm³/mol. The molecule has 0 atom stereocenters. The van der Waals surface area contributed by atoms with Gasteiger partial charge in [-0.25, -0.2) is 0 Å². The van der Waals surface area contributed by atoms with Crippen LogP contribution in [0.25, 0.3) is 11.6 Å². The highest BCUT2D eigenvalue weighted by atomic mass is 16.5. The van der Waals surface area contributed by atoms with Crippen LogP contribution >= 0.6 is 0 Å². The molecule has 0 bridgehead atoms. The Bertz CT molecular complexity index is 851. The van der Waals surface area contributed by atoms with Crippen molar-refractivity contribution in [2.24, 2.45) is 7.05 Å². The van der Waals surface area contributed by atoms with Gasteiger partial charge >= 0.3 is 6.01 Å². The molecule has 0 aliphatic heterocycles. The topological polar surface area (TPSA) is 95.1 Å². The molecule has 1 aromatic carbocycles. The second kappa shape index (κ2) is 6.53. The maximum Gasteiger partial charge on any atom is 0.322 e. The molecule has 1 N–H and O–H groups in total. The number of nitrogens with zero attached hydrogens (tertiary/aromatic N) is 4. The molecule has 124 valence electrons. The minimum Gasteiger partial charge on any atom is -0.494 e. The van der Waals surface area contributed by atoms with Gasteiger partial charge in [-0.1, -0.05) is 5.10 Å². The van der Waals surface area contributed by atoms with Crippen LogP contribution in [0.5, 0.6) is 5.75 Å². The molecule has 2 heterocycles. The van der Waals surface area contributed by atoms with Gasteiger partial charge in [0.15, 0.2) is 0 Å². The number of hydrogen-bond donors (Lipinski definition) is 1. The predicted octanol–water partition coefficient (Wildman–Crippen LogP) is 2.43. The summed E-state index contributed by atoms with van der Waals surface area (Å²) >= 11 is 0. The summed E-state index contributed by atoms with van der Waals surface area (Å²) in [7, 11) is 1.78. The Morgan fingerprint density at radius 1 is 1.29 bits per heavy atom. The molecule has 0 saturated carbocycles. The fourth-order valence-electron chi connectivity index (χ4n) is 2.23. The van der Waals surface area contributed by atoms with Gasteiger partial charge in [-0.3, -0.25) is 14.8 Å². The number of anilines is 1. The van der Waals surface area contributed by atoms with Gasteiger partial charge in [0.1, 0.15) is 11.4 Å². The molecule has 3 rings (SSSR count). The largest absolute Gasteiger partial charge is 0.494 e. The highest BCUT2D eigenvalue weighted by molar-refractivity contribution is 6.03. The molecule has 0 unspecified atom stereocenters. The SMILES string of the molecule is CCOc1ccc(C(=O)Nc2nnc(-c3cc(C)nn3C)o2)cc1. The van der Waals surface area contributed by atoms with E-state index in [9.17, 15) is 4.79 Å². The first-order chi connectivity index (χ1) is 11.6. The van der Waals surface area contributed by atoms with Gasteiger partial charge in [-0.05, 0) is 44.2 Å². The van der Waals surface area contributed by atoms with E-state index in [2.05, 4.69) is 20.6 Å². The van der Waals surface area contributed by atoms with Gasteiger partial charge in [-0.2, -0.15) is 5.10 Å². The highest BCUT2D eigenvalue weighted by Gasteiger charge is 2.15. The average molecular weight is 327 g/mol. The van der Waals surface area contributed by atoms with Crippen molar-refractivity contribution >= 4 is 11.9 Å². The van der Waals surface area contributed by atoms with Crippen LogP contribution in [-0.2, 0) is 7.05 Å². The number of carbonyl (C=O) groups excluding carboxylic acids is 1. The molecular weight excluding hydrogens is 310 g/mol. The van der Waals surface area contributed by atoms with E-state index in [1.807, 2.05) is 19.9 Å². The summed E-state index contributed by atoms with van der Waals surface area (Å²) < 4.78 is 12.5. The quantitative estimate of drug-likeness (QED) is 0.773. The lowest BCUT2D eigenvalue weighted by atomic mass is 10.2. The second-order valence-corrected chi connectivity index (χ2v) is 5.12. The first-order valence-corrected chi connectivity index (χ1v) is 7.45. The van der Waals surface area contributed by atoms with E-state index in [-0.39, 0.29) is 11.9 Å². The van der Waals surface area contributed by atoms with Crippen molar-refractivity contribution in [3.05, 3.63) is 41.6 Å². The van der Waals surface area contributed by atoms with Crippen LogP contribution in [0.15, 0.2) is 34.7 Å². The van der Waals surface area contributed by atoms with E-state index in [1.165, 1.54) is 0 Å². The lowest BCUT2D eigenvalue weighted by Gasteiger charge is -2.04. The molecule has 8 heteroatoms. The summed E-state index contributed by atoms with van der Waals surface area (Å²) in [6, 6.07) is 8.66. The van der Waals surface area contributed by atoms with E-state index in [0.717, 1.165) is 5.69 Å². The van der Waals surface area contributed by atoms with E-state index < -0.39 is 0 Å². The summed E-state index contributed by atoms with van der Waals surface area (Å²) in [6.45, 7) is 4.34. The first-order valence-electron chi connectivity index (χ1n) is 7.45. The number of aryl methyl sites for hydroxylation is 2. The number of aromatic nitrogens is 4. The molecule has 0 aliphatic rings. The Hall–Kier alpha value is -3.16. The van der Waals surface area contributed by atoms with E-state index in [0.29, 0.717) is 29.5 Å². The van der Waals surface area contributed by atoms with Crippen molar-refractivity contribution < 1.29 is 13.9 Å². The summed E-state index contributed by atoms with van der Waals surface area (Å²) in [4.78, 5) is 12.2. The first kappa shape index (κ1) is 15.7. The molecule has 0 aliphatic carbocycles. The zero-order valence-electron chi connectivity index (χ0n) is 13.6. The molecule has 0 radical (unpaired) electrons. The minimum absolute atomic E-state index is 0.0303. The van der Waals surface area contributed by atoms with Gasteiger partial charge in [0, 0.05) is 12.6 Å². The molecule has 2 aromatic heterocycles. The molecule has 8 nitrogen and oxygen atoms in total. The summed E-state index contributed by atoms with van der Waals surface area (Å²) in [6.07, 6.45) is 0. The maximum absolute atomic E-state index is 12.2. The number of hydrogen-bond acceptors (Lipinski definition) is 6. The Kier molecular flexibility index (Phi) is 4.28. The lowest BCUT2D eigenvalue weighted by molar-refractivity contribution is 0.102. The second-order valence-electron chi connectivity index (χ2n) is 5.12. The fourth-order valence-corrected chi connectivity index (χ4v) is 2.23. The van der Waals surface area contributed by atoms with Crippen molar-refractivity contribution in [2.75, 3.05) is 11.9 Å².